The van der Waals surface area contributed by atoms with Gasteiger partial charge in [-0.05, 0) is 12.8 Å². The lowest BCUT2D eigenvalue weighted by Crippen LogP contribution is -2.33. The van der Waals surface area contributed by atoms with Gasteiger partial charge in [-0.1, -0.05) is 0 Å². The molecule has 3 amide bonds. The minimum Gasteiger partial charge on any atom is -0.370 e. The molecule has 0 unspecified atom stereocenters. The standard InChI is InChI=1S/C9H15N5O3/c10-8(11)12-3-1-2-6-7(16)14(4-5-15)9(17)13-6/h5-6H,1-4H2,(H,13,17)(H4,10,11,12)/t6-/m1/s1. The second-order valence-electron chi connectivity index (χ2n) is 3.57. The van der Waals surface area contributed by atoms with E-state index in [1.807, 2.05) is 0 Å². The number of amides is 3. The second kappa shape index (κ2) is 5.83. The number of guanidine groups is 1. The number of hydrogen-bond donors (Lipinski definition) is 3. The molecule has 5 N–H and O–H groups in total. The van der Waals surface area contributed by atoms with Crippen LogP contribution in [0.2, 0.25) is 0 Å². The van der Waals surface area contributed by atoms with E-state index in [-0.39, 0.29) is 18.4 Å². The average molecular weight is 241 g/mol. The number of nitrogens with one attached hydrogen (secondary N) is 1. The van der Waals surface area contributed by atoms with Crippen LogP contribution in [0.4, 0.5) is 4.79 Å². The highest BCUT2D eigenvalue weighted by atomic mass is 16.2. The molecule has 17 heavy (non-hydrogen) atoms. The van der Waals surface area contributed by atoms with E-state index in [0.717, 1.165) is 4.90 Å². The van der Waals surface area contributed by atoms with Crippen LogP contribution in [0.15, 0.2) is 4.99 Å². The van der Waals surface area contributed by atoms with Crippen molar-refractivity contribution in [1.82, 2.24) is 10.2 Å². The number of aliphatic imine (C=N–C) groups is 1. The van der Waals surface area contributed by atoms with Crippen LogP contribution in [0.1, 0.15) is 12.8 Å². The molecule has 0 aromatic heterocycles. The summed E-state index contributed by atoms with van der Waals surface area (Å²) in [6.45, 7) is 0.185. The molecule has 1 heterocycles. The minimum atomic E-state index is -0.586. The SMILES string of the molecule is NC(N)=NCCC[C@H]1NC(=O)N(CC=O)C1=O. The predicted octanol–water partition coefficient (Wildman–Crippen LogP) is -1.84. The van der Waals surface area contributed by atoms with Crippen molar-refractivity contribution in [3.63, 3.8) is 0 Å². The molecule has 0 aromatic rings. The average Bonchev–Trinajstić information content (AvgIpc) is 2.52. The van der Waals surface area contributed by atoms with E-state index in [1.54, 1.807) is 0 Å². The third kappa shape index (κ3) is 3.44. The van der Waals surface area contributed by atoms with E-state index < -0.39 is 12.1 Å². The van der Waals surface area contributed by atoms with E-state index in [0.29, 0.717) is 25.7 Å². The smallest absolute Gasteiger partial charge is 0.325 e. The van der Waals surface area contributed by atoms with Crippen LogP contribution in [0.5, 0.6) is 0 Å². The highest BCUT2D eigenvalue weighted by Crippen LogP contribution is 2.10. The Bertz CT molecular complexity index is 351. The zero-order valence-corrected chi connectivity index (χ0v) is 9.26. The molecule has 0 bridgehead atoms. The fraction of sp³-hybridized carbons (Fsp3) is 0.556. The highest BCUT2D eigenvalue weighted by Gasteiger charge is 2.36. The van der Waals surface area contributed by atoms with Gasteiger partial charge in [-0.2, -0.15) is 0 Å². The molecule has 8 nitrogen and oxygen atoms in total. The first-order valence-corrected chi connectivity index (χ1v) is 5.17. The van der Waals surface area contributed by atoms with Crippen molar-refractivity contribution in [1.29, 1.82) is 0 Å². The summed E-state index contributed by atoms with van der Waals surface area (Å²) in [6.07, 6.45) is 1.53. The lowest BCUT2D eigenvalue weighted by atomic mass is 10.1. The molecule has 1 fully saturated rings. The monoisotopic (exact) mass is 241 g/mol. The molecule has 1 atom stereocenters. The van der Waals surface area contributed by atoms with Crippen molar-refractivity contribution in [2.24, 2.45) is 16.5 Å². The molecule has 8 heteroatoms. The normalized spacial score (nSPS) is 19.1. The zero-order valence-electron chi connectivity index (χ0n) is 9.26. The quantitative estimate of drug-likeness (QED) is 0.165. The first-order chi connectivity index (χ1) is 8.06. The molecule has 94 valence electrons. The summed E-state index contributed by atoms with van der Waals surface area (Å²) in [5.41, 5.74) is 10.3. The number of nitrogens with two attached hydrogens (primary N) is 2. The van der Waals surface area contributed by atoms with Gasteiger partial charge in [0, 0.05) is 6.54 Å². The maximum Gasteiger partial charge on any atom is 0.325 e. The Morgan fingerprint density at radius 3 is 2.76 bits per heavy atom. The molecule has 0 aromatic carbocycles. The van der Waals surface area contributed by atoms with E-state index in [9.17, 15) is 14.4 Å². The van der Waals surface area contributed by atoms with Crippen LogP contribution in [-0.4, -0.2) is 48.2 Å². The first-order valence-electron chi connectivity index (χ1n) is 5.17. The predicted molar refractivity (Wildman–Crippen MR) is 60.0 cm³/mol. The minimum absolute atomic E-state index is 0.00522. The molecule has 0 spiro atoms. The van der Waals surface area contributed by atoms with E-state index >= 15 is 0 Å². The molecule has 0 saturated carbocycles. The van der Waals surface area contributed by atoms with Crippen molar-refractivity contribution in [2.75, 3.05) is 13.1 Å². The molecular formula is C9H15N5O3. The van der Waals surface area contributed by atoms with Gasteiger partial charge in [0.1, 0.15) is 12.3 Å². The van der Waals surface area contributed by atoms with Crippen LogP contribution >= 0.6 is 0 Å². The van der Waals surface area contributed by atoms with Crippen LogP contribution in [-0.2, 0) is 9.59 Å². The van der Waals surface area contributed by atoms with Gasteiger partial charge >= 0.3 is 6.03 Å². The molecule has 1 saturated heterocycles. The van der Waals surface area contributed by atoms with Crippen molar-refractivity contribution in [2.45, 2.75) is 18.9 Å². The lowest BCUT2D eigenvalue weighted by Gasteiger charge is -2.08. The fourth-order valence-corrected chi connectivity index (χ4v) is 1.52. The summed E-state index contributed by atoms with van der Waals surface area (Å²) in [7, 11) is 0. The van der Waals surface area contributed by atoms with Crippen molar-refractivity contribution < 1.29 is 14.4 Å². The summed E-state index contributed by atoms with van der Waals surface area (Å²) >= 11 is 0. The van der Waals surface area contributed by atoms with Crippen LogP contribution in [0.3, 0.4) is 0 Å². The van der Waals surface area contributed by atoms with E-state index in [2.05, 4.69) is 10.3 Å². The Hall–Kier alpha value is -2.12. The Morgan fingerprint density at radius 1 is 1.47 bits per heavy atom. The highest BCUT2D eigenvalue weighted by molar-refractivity contribution is 6.05. The van der Waals surface area contributed by atoms with Crippen molar-refractivity contribution >= 4 is 24.2 Å². The van der Waals surface area contributed by atoms with Gasteiger partial charge < -0.3 is 21.6 Å². The Labute approximate surface area is 98.0 Å². The van der Waals surface area contributed by atoms with E-state index in [4.69, 9.17) is 11.5 Å². The topological polar surface area (TPSA) is 131 Å². The van der Waals surface area contributed by atoms with Gasteiger partial charge in [0.2, 0.25) is 0 Å². The number of aldehydes is 1. The van der Waals surface area contributed by atoms with Crippen LogP contribution in [0.25, 0.3) is 0 Å². The van der Waals surface area contributed by atoms with Crippen LogP contribution < -0.4 is 16.8 Å². The lowest BCUT2D eigenvalue weighted by molar-refractivity contribution is -0.129. The van der Waals surface area contributed by atoms with Gasteiger partial charge in [-0.3, -0.25) is 14.7 Å². The number of carbonyl (C=O) groups is 3. The maximum atomic E-state index is 11.6. The number of rotatable bonds is 6. The Kier molecular flexibility index (Phi) is 4.44. The molecule has 1 aliphatic heterocycles. The van der Waals surface area contributed by atoms with Crippen LogP contribution in [0, 0.1) is 0 Å². The second-order valence-corrected chi connectivity index (χ2v) is 3.57. The number of hydrogen-bond acceptors (Lipinski definition) is 4. The van der Waals surface area contributed by atoms with Gasteiger partial charge in [-0.25, -0.2) is 4.79 Å². The van der Waals surface area contributed by atoms with Crippen molar-refractivity contribution in [3.8, 4) is 0 Å². The molecular weight excluding hydrogens is 226 g/mol. The summed E-state index contributed by atoms with van der Waals surface area (Å²) in [4.78, 5) is 37.9. The number of urea groups is 1. The fourth-order valence-electron chi connectivity index (χ4n) is 1.52. The largest absolute Gasteiger partial charge is 0.370 e. The van der Waals surface area contributed by atoms with Gasteiger partial charge in [-0.15, -0.1) is 0 Å². The third-order valence-corrected chi connectivity index (χ3v) is 2.31. The third-order valence-electron chi connectivity index (χ3n) is 2.31. The van der Waals surface area contributed by atoms with Crippen molar-refractivity contribution in [3.05, 3.63) is 0 Å². The van der Waals surface area contributed by atoms with Gasteiger partial charge in [0.25, 0.3) is 5.91 Å². The van der Waals surface area contributed by atoms with Gasteiger partial charge in [0.15, 0.2) is 5.96 Å². The maximum absolute atomic E-state index is 11.6. The summed E-state index contributed by atoms with van der Waals surface area (Å²) < 4.78 is 0. The molecule has 1 rings (SSSR count). The number of imide groups is 1. The number of carbonyl (C=O) groups excluding carboxylic acids is 3. The molecule has 0 aliphatic carbocycles. The zero-order chi connectivity index (χ0) is 12.8. The Morgan fingerprint density at radius 2 is 2.18 bits per heavy atom. The molecule has 1 aliphatic rings. The summed E-state index contributed by atoms with van der Waals surface area (Å²) in [6, 6.07) is -1.12. The summed E-state index contributed by atoms with van der Waals surface area (Å²) in [5.74, 6) is -0.388. The molecule has 0 radical (unpaired) electrons. The van der Waals surface area contributed by atoms with E-state index in [1.165, 1.54) is 0 Å². The number of nitrogens with zero attached hydrogens (tertiary/aromatic N) is 2. The summed E-state index contributed by atoms with van der Waals surface area (Å²) in [5, 5.41) is 2.49. The Balaban J connectivity index is 2.41. The van der Waals surface area contributed by atoms with Gasteiger partial charge in [0.05, 0.1) is 6.54 Å². The first kappa shape index (κ1) is 12.9.